The first-order valence-electron chi connectivity index (χ1n) is 9.70. The van der Waals surface area contributed by atoms with Gasteiger partial charge in [0, 0.05) is 30.2 Å². The number of thiocarbonyl (C=S) groups is 1. The van der Waals surface area contributed by atoms with Crippen molar-refractivity contribution in [3.63, 3.8) is 0 Å². The average Bonchev–Trinajstić information content (AvgIpc) is 3.20. The minimum atomic E-state index is -1.32. The summed E-state index contributed by atoms with van der Waals surface area (Å²) >= 11 is 6.12. The molecule has 168 valence electrons. The van der Waals surface area contributed by atoms with Crippen molar-refractivity contribution in [2.75, 3.05) is 23.3 Å². The van der Waals surface area contributed by atoms with Crippen molar-refractivity contribution in [2.24, 2.45) is 0 Å². The molecule has 33 heavy (non-hydrogen) atoms. The van der Waals surface area contributed by atoms with Crippen molar-refractivity contribution in [3.05, 3.63) is 64.8 Å². The Bertz CT molecular complexity index is 1230. The van der Waals surface area contributed by atoms with Crippen LogP contribution in [0.4, 0.5) is 15.8 Å². The number of nitrogens with one attached hydrogen (secondary N) is 1. The number of benzene rings is 2. The second-order valence-corrected chi connectivity index (χ2v) is 8.76. The number of anilines is 2. The number of hydrogen-bond donors (Lipinski definition) is 1. The highest BCUT2D eigenvalue weighted by molar-refractivity contribution is 8.26. The molecule has 0 saturated carbocycles. The van der Waals surface area contributed by atoms with Crippen LogP contribution in [0.15, 0.2) is 53.4 Å². The third kappa shape index (κ3) is 4.50. The normalized spacial score (nSPS) is 17.5. The molecule has 2 aliphatic heterocycles. The van der Waals surface area contributed by atoms with Crippen LogP contribution in [0.25, 0.3) is 5.57 Å². The molecule has 4 rings (SSSR count). The number of rotatable bonds is 6. The Hall–Kier alpha value is -3.57. The number of thioether (sulfide) groups is 1. The van der Waals surface area contributed by atoms with Crippen LogP contribution in [0.2, 0.25) is 0 Å². The third-order valence-electron chi connectivity index (χ3n) is 4.97. The van der Waals surface area contributed by atoms with Crippen LogP contribution in [-0.4, -0.2) is 46.0 Å². The van der Waals surface area contributed by atoms with Crippen molar-refractivity contribution in [3.8, 4) is 0 Å². The standard InChI is InChI=1S/C22H16FN3O5S2/c23-12-5-7-13(8-6-12)24-16(27)11-26-15-4-2-1-3-14(15)18(20(26)30)19-21(31)25(22(32)33-19)10-9-17(28)29/h1-8H,9-11H2,(H,24,27)(H,28,29)/p-1/b19-18+. The number of carbonyl (C=O) groups is 4. The zero-order valence-electron chi connectivity index (χ0n) is 16.9. The minimum Gasteiger partial charge on any atom is -0.550 e. The maximum Gasteiger partial charge on any atom is 0.267 e. The molecule has 0 atom stereocenters. The molecule has 2 aromatic carbocycles. The van der Waals surface area contributed by atoms with Crippen molar-refractivity contribution < 1.29 is 28.7 Å². The number of halogens is 1. The Labute approximate surface area is 197 Å². The number of amides is 3. The van der Waals surface area contributed by atoms with E-state index >= 15 is 0 Å². The lowest BCUT2D eigenvalue weighted by atomic mass is 10.1. The van der Waals surface area contributed by atoms with Crippen molar-refractivity contribution in [1.82, 2.24) is 4.90 Å². The maximum atomic E-state index is 13.3. The molecule has 0 bridgehead atoms. The lowest BCUT2D eigenvalue weighted by molar-refractivity contribution is -0.305. The highest BCUT2D eigenvalue weighted by Gasteiger charge is 2.42. The van der Waals surface area contributed by atoms with Crippen LogP contribution in [0.3, 0.4) is 0 Å². The Kier molecular flexibility index (Phi) is 6.25. The highest BCUT2D eigenvalue weighted by Crippen LogP contribution is 2.44. The van der Waals surface area contributed by atoms with Gasteiger partial charge in [-0.1, -0.05) is 42.2 Å². The smallest absolute Gasteiger partial charge is 0.267 e. The van der Waals surface area contributed by atoms with E-state index in [2.05, 4.69) is 5.32 Å². The summed E-state index contributed by atoms with van der Waals surface area (Å²) in [5, 5.41) is 13.4. The van der Waals surface area contributed by atoms with E-state index in [-0.39, 0.29) is 27.9 Å². The van der Waals surface area contributed by atoms with Gasteiger partial charge in [0.1, 0.15) is 16.7 Å². The van der Waals surface area contributed by atoms with Gasteiger partial charge in [-0.05, 0) is 30.3 Å². The number of carbonyl (C=O) groups excluding carboxylic acids is 4. The monoisotopic (exact) mass is 484 g/mol. The number of aliphatic carboxylic acids is 1. The summed E-state index contributed by atoms with van der Waals surface area (Å²) in [6.45, 7) is -0.495. The molecular weight excluding hydrogens is 469 g/mol. The van der Waals surface area contributed by atoms with Crippen LogP contribution >= 0.6 is 24.0 Å². The molecule has 0 aliphatic carbocycles. The van der Waals surface area contributed by atoms with E-state index in [1.165, 1.54) is 29.2 Å². The van der Waals surface area contributed by atoms with Gasteiger partial charge in [0.2, 0.25) is 5.91 Å². The molecule has 1 fully saturated rings. The summed E-state index contributed by atoms with van der Waals surface area (Å²) in [5.74, 6) is -3.39. The van der Waals surface area contributed by atoms with E-state index in [4.69, 9.17) is 12.2 Å². The summed E-state index contributed by atoms with van der Waals surface area (Å²) < 4.78 is 13.2. The predicted octanol–water partition coefficient (Wildman–Crippen LogP) is 1.52. The lowest BCUT2D eigenvalue weighted by Crippen LogP contribution is -2.36. The van der Waals surface area contributed by atoms with Crippen LogP contribution < -0.4 is 15.3 Å². The first-order valence-corrected chi connectivity index (χ1v) is 10.9. The lowest BCUT2D eigenvalue weighted by Gasteiger charge is -2.17. The van der Waals surface area contributed by atoms with E-state index in [0.29, 0.717) is 16.9 Å². The van der Waals surface area contributed by atoms with Gasteiger partial charge >= 0.3 is 0 Å². The summed E-state index contributed by atoms with van der Waals surface area (Å²) in [5.41, 5.74) is 1.40. The van der Waals surface area contributed by atoms with E-state index in [0.717, 1.165) is 16.7 Å². The number of nitrogens with zero attached hydrogens (tertiary/aromatic N) is 2. The molecule has 2 heterocycles. The quantitative estimate of drug-likeness (QED) is 0.489. The molecular formula is C22H15FN3O5S2-. The number of para-hydroxylation sites is 1. The molecule has 2 aliphatic rings. The highest BCUT2D eigenvalue weighted by atomic mass is 32.2. The molecule has 11 heteroatoms. The Balaban J connectivity index is 1.61. The maximum absolute atomic E-state index is 13.3. The van der Waals surface area contributed by atoms with E-state index in [1.54, 1.807) is 24.3 Å². The summed E-state index contributed by atoms with van der Waals surface area (Å²) in [6.07, 6.45) is -0.394. The predicted molar refractivity (Wildman–Crippen MR) is 122 cm³/mol. The zero-order chi connectivity index (χ0) is 23.7. The number of carboxylic acid groups (broad SMARTS) is 1. The van der Waals surface area contributed by atoms with Crippen molar-refractivity contribution in [1.29, 1.82) is 0 Å². The van der Waals surface area contributed by atoms with Gasteiger partial charge in [0.15, 0.2) is 0 Å². The van der Waals surface area contributed by atoms with Crippen LogP contribution in [-0.2, 0) is 19.2 Å². The topological polar surface area (TPSA) is 110 Å². The molecule has 1 N–H and O–H groups in total. The Morgan fingerprint density at radius 2 is 1.73 bits per heavy atom. The number of fused-ring (bicyclic) bond motifs is 1. The molecule has 0 spiro atoms. The minimum absolute atomic E-state index is 0.0808. The van der Waals surface area contributed by atoms with Gasteiger partial charge in [0.05, 0.1) is 16.2 Å². The summed E-state index contributed by atoms with van der Waals surface area (Å²) in [7, 11) is 0. The van der Waals surface area contributed by atoms with Gasteiger partial charge in [-0.15, -0.1) is 0 Å². The Morgan fingerprint density at radius 1 is 1.03 bits per heavy atom. The van der Waals surface area contributed by atoms with Crippen molar-refractivity contribution >= 4 is 68.9 Å². The molecule has 0 unspecified atom stereocenters. The second kappa shape index (κ2) is 9.12. The van der Waals surface area contributed by atoms with E-state index < -0.39 is 35.9 Å². The van der Waals surface area contributed by atoms with Gasteiger partial charge in [-0.3, -0.25) is 24.2 Å². The van der Waals surface area contributed by atoms with Gasteiger partial charge < -0.3 is 15.2 Å². The van der Waals surface area contributed by atoms with Crippen LogP contribution in [0, 0.1) is 5.82 Å². The fourth-order valence-electron chi connectivity index (χ4n) is 3.48. The SMILES string of the molecule is O=C([O-])CCN1C(=O)/C(=C2\C(=O)N(CC(=O)Nc3ccc(F)cc3)c3ccccc32)SC1=S. The van der Waals surface area contributed by atoms with Gasteiger partial charge in [-0.25, -0.2) is 4.39 Å². The largest absolute Gasteiger partial charge is 0.550 e. The zero-order valence-corrected chi connectivity index (χ0v) is 18.5. The van der Waals surface area contributed by atoms with Gasteiger partial charge in [0.25, 0.3) is 11.8 Å². The van der Waals surface area contributed by atoms with Crippen molar-refractivity contribution in [2.45, 2.75) is 6.42 Å². The third-order valence-corrected chi connectivity index (χ3v) is 6.42. The number of hydrogen-bond acceptors (Lipinski definition) is 7. The van der Waals surface area contributed by atoms with E-state index in [9.17, 15) is 28.7 Å². The molecule has 3 amide bonds. The second-order valence-electron chi connectivity index (χ2n) is 7.11. The summed E-state index contributed by atoms with van der Waals surface area (Å²) in [4.78, 5) is 52.1. The molecule has 2 aromatic rings. The fraction of sp³-hybridized carbons (Fsp3) is 0.136. The average molecular weight is 485 g/mol. The molecule has 8 nitrogen and oxygen atoms in total. The molecule has 0 aromatic heterocycles. The fourth-order valence-corrected chi connectivity index (χ4v) is 4.86. The first-order chi connectivity index (χ1) is 15.8. The van der Waals surface area contributed by atoms with Gasteiger partial charge in [-0.2, -0.15) is 0 Å². The Morgan fingerprint density at radius 3 is 2.42 bits per heavy atom. The molecule has 0 radical (unpaired) electrons. The first kappa shape index (κ1) is 22.6. The summed E-state index contributed by atoms with van der Waals surface area (Å²) in [6, 6.07) is 11.9. The van der Waals surface area contributed by atoms with Crippen LogP contribution in [0.1, 0.15) is 12.0 Å². The van der Waals surface area contributed by atoms with Crippen LogP contribution in [0.5, 0.6) is 0 Å². The van der Waals surface area contributed by atoms with E-state index in [1.807, 2.05) is 0 Å². The molecule has 1 saturated heterocycles. The number of carboxylic acids is 1.